The number of halogens is 1. The van der Waals surface area contributed by atoms with Crippen LogP contribution in [0.15, 0.2) is 12.1 Å². The van der Waals surface area contributed by atoms with Gasteiger partial charge in [0.25, 0.3) is 0 Å². The van der Waals surface area contributed by atoms with Gasteiger partial charge in [-0.2, -0.15) is 10.5 Å². The summed E-state index contributed by atoms with van der Waals surface area (Å²) in [5.74, 6) is -0.0210. The summed E-state index contributed by atoms with van der Waals surface area (Å²) in [6.07, 6.45) is 1.15. The number of nitrogens with zero attached hydrogens (tertiary/aromatic N) is 4. The van der Waals surface area contributed by atoms with Gasteiger partial charge in [-0.3, -0.25) is 9.80 Å². The Morgan fingerprint density at radius 2 is 1.90 bits per heavy atom. The lowest BCUT2D eigenvalue weighted by Crippen LogP contribution is -2.47. The van der Waals surface area contributed by atoms with Crippen molar-refractivity contribution in [2.75, 3.05) is 32.7 Å². The molecule has 1 atom stereocenters. The topological polar surface area (TPSA) is 54.1 Å². The molecule has 2 heterocycles. The van der Waals surface area contributed by atoms with Gasteiger partial charge in [0.2, 0.25) is 0 Å². The zero-order valence-electron chi connectivity index (χ0n) is 12.0. The fraction of sp³-hybridized carbons (Fsp3) is 0.600. The summed E-state index contributed by atoms with van der Waals surface area (Å²) < 4.78 is 0.845. The first-order chi connectivity index (χ1) is 10.2. The van der Waals surface area contributed by atoms with Gasteiger partial charge in [-0.15, -0.1) is 11.3 Å². The standard InChI is InChI=1S/C15H19ClN4S/c16-15-4-3-14(21-15)12-20-8-6-19(7-9-20)11-13(10-18)2-1-5-17/h3-4,13H,1-2,6-9,11-12H2. The number of piperazine rings is 1. The summed E-state index contributed by atoms with van der Waals surface area (Å²) >= 11 is 7.60. The molecule has 1 aromatic heterocycles. The molecular weight excluding hydrogens is 304 g/mol. The highest BCUT2D eigenvalue weighted by Gasteiger charge is 2.20. The van der Waals surface area contributed by atoms with Crippen molar-refractivity contribution in [3.05, 3.63) is 21.3 Å². The molecule has 4 nitrogen and oxygen atoms in total. The molecule has 0 saturated carbocycles. The van der Waals surface area contributed by atoms with Gasteiger partial charge in [0.1, 0.15) is 0 Å². The molecule has 1 saturated heterocycles. The fourth-order valence-corrected chi connectivity index (χ4v) is 3.66. The maximum absolute atomic E-state index is 9.12. The van der Waals surface area contributed by atoms with E-state index in [0.29, 0.717) is 12.8 Å². The van der Waals surface area contributed by atoms with E-state index < -0.39 is 0 Å². The lowest BCUT2D eigenvalue weighted by Gasteiger charge is -2.35. The number of hydrogen-bond donors (Lipinski definition) is 0. The van der Waals surface area contributed by atoms with Gasteiger partial charge in [0, 0.05) is 50.6 Å². The Labute approximate surface area is 135 Å². The first-order valence-corrected chi connectivity index (χ1v) is 8.36. The van der Waals surface area contributed by atoms with Gasteiger partial charge in [0.15, 0.2) is 0 Å². The first kappa shape index (κ1) is 16.3. The molecule has 0 aromatic carbocycles. The number of rotatable bonds is 6. The van der Waals surface area contributed by atoms with Crippen LogP contribution < -0.4 is 0 Å². The number of nitriles is 2. The Morgan fingerprint density at radius 3 is 2.48 bits per heavy atom. The molecule has 21 heavy (non-hydrogen) atoms. The van der Waals surface area contributed by atoms with Crippen LogP contribution in [-0.2, 0) is 6.54 Å². The zero-order valence-corrected chi connectivity index (χ0v) is 13.5. The highest BCUT2D eigenvalue weighted by molar-refractivity contribution is 7.16. The summed E-state index contributed by atoms with van der Waals surface area (Å²) in [5.41, 5.74) is 0. The average molecular weight is 323 g/mol. The second-order valence-corrected chi connectivity index (χ2v) is 7.11. The SMILES string of the molecule is N#CCCC(C#N)CN1CCN(Cc2ccc(Cl)s2)CC1. The number of hydrogen-bond acceptors (Lipinski definition) is 5. The van der Waals surface area contributed by atoms with E-state index in [9.17, 15) is 0 Å². The summed E-state index contributed by atoms with van der Waals surface area (Å²) in [7, 11) is 0. The molecule has 112 valence electrons. The second kappa shape index (κ2) is 8.36. The van der Waals surface area contributed by atoms with Crippen molar-refractivity contribution in [2.45, 2.75) is 19.4 Å². The van der Waals surface area contributed by atoms with E-state index in [1.807, 2.05) is 6.07 Å². The lowest BCUT2D eigenvalue weighted by atomic mass is 10.0. The van der Waals surface area contributed by atoms with Crippen LogP contribution in [0.3, 0.4) is 0 Å². The van der Waals surface area contributed by atoms with E-state index in [-0.39, 0.29) is 5.92 Å². The summed E-state index contributed by atoms with van der Waals surface area (Å²) in [4.78, 5) is 6.07. The van der Waals surface area contributed by atoms with Gasteiger partial charge < -0.3 is 0 Å². The van der Waals surface area contributed by atoms with Crippen molar-refractivity contribution in [3.63, 3.8) is 0 Å². The maximum atomic E-state index is 9.12. The van der Waals surface area contributed by atoms with Gasteiger partial charge in [-0.1, -0.05) is 11.6 Å². The quantitative estimate of drug-likeness (QED) is 0.808. The summed E-state index contributed by atoms with van der Waals surface area (Å²) in [5, 5.41) is 17.7. The molecule has 1 unspecified atom stereocenters. The van der Waals surface area contributed by atoms with E-state index in [1.54, 1.807) is 11.3 Å². The molecule has 0 bridgehead atoms. The second-order valence-electron chi connectivity index (χ2n) is 5.31. The van der Waals surface area contributed by atoms with E-state index in [2.05, 4.69) is 28.0 Å². The van der Waals surface area contributed by atoms with Crippen LogP contribution in [0.2, 0.25) is 4.34 Å². The molecule has 0 amide bonds. The highest BCUT2D eigenvalue weighted by atomic mass is 35.5. The maximum Gasteiger partial charge on any atom is 0.0931 e. The van der Waals surface area contributed by atoms with Crippen LogP contribution in [0.4, 0.5) is 0 Å². The van der Waals surface area contributed by atoms with Gasteiger partial charge >= 0.3 is 0 Å². The molecule has 0 N–H and O–H groups in total. The molecule has 1 aliphatic heterocycles. The summed E-state index contributed by atoms with van der Waals surface area (Å²) in [6, 6.07) is 8.48. The number of thiophene rings is 1. The Kier molecular flexibility index (Phi) is 6.48. The Hall–Kier alpha value is -1.11. The largest absolute Gasteiger partial charge is 0.299 e. The van der Waals surface area contributed by atoms with Gasteiger partial charge in [-0.25, -0.2) is 0 Å². The van der Waals surface area contributed by atoms with Crippen molar-refractivity contribution in [3.8, 4) is 12.1 Å². The molecule has 0 aliphatic carbocycles. The van der Waals surface area contributed by atoms with E-state index in [0.717, 1.165) is 43.6 Å². The van der Waals surface area contributed by atoms with Crippen molar-refractivity contribution < 1.29 is 0 Å². The molecular formula is C15H19ClN4S. The van der Waals surface area contributed by atoms with Crippen LogP contribution in [0, 0.1) is 28.6 Å². The van der Waals surface area contributed by atoms with Crippen molar-refractivity contribution in [2.24, 2.45) is 5.92 Å². The molecule has 1 aliphatic rings. The normalized spacial score (nSPS) is 18.0. The van der Waals surface area contributed by atoms with Crippen LogP contribution >= 0.6 is 22.9 Å². The van der Waals surface area contributed by atoms with Gasteiger partial charge in [-0.05, 0) is 18.6 Å². The first-order valence-electron chi connectivity index (χ1n) is 7.16. The molecule has 6 heteroatoms. The fourth-order valence-electron chi connectivity index (χ4n) is 2.53. The third kappa shape index (κ3) is 5.30. The molecule has 1 fully saturated rings. The average Bonchev–Trinajstić information content (AvgIpc) is 2.90. The van der Waals surface area contributed by atoms with Crippen molar-refractivity contribution in [1.29, 1.82) is 10.5 Å². The predicted molar refractivity (Wildman–Crippen MR) is 85.0 cm³/mol. The van der Waals surface area contributed by atoms with Crippen molar-refractivity contribution in [1.82, 2.24) is 9.80 Å². The summed E-state index contributed by atoms with van der Waals surface area (Å²) in [6.45, 7) is 5.77. The van der Waals surface area contributed by atoms with E-state index in [4.69, 9.17) is 22.1 Å². The third-order valence-corrected chi connectivity index (χ3v) is 4.95. The minimum atomic E-state index is -0.0210. The molecule has 2 rings (SSSR count). The van der Waals surface area contributed by atoms with Crippen molar-refractivity contribution >= 4 is 22.9 Å². The molecule has 0 spiro atoms. The third-order valence-electron chi connectivity index (χ3n) is 3.74. The van der Waals surface area contributed by atoms with Crippen LogP contribution in [0.5, 0.6) is 0 Å². The Balaban J connectivity index is 1.73. The van der Waals surface area contributed by atoms with Crippen LogP contribution in [0.25, 0.3) is 0 Å². The van der Waals surface area contributed by atoms with Crippen LogP contribution in [-0.4, -0.2) is 42.5 Å². The molecule has 1 aromatic rings. The lowest BCUT2D eigenvalue weighted by molar-refractivity contribution is 0.119. The Morgan fingerprint density at radius 1 is 1.19 bits per heavy atom. The molecule has 0 radical (unpaired) electrons. The predicted octanol–water partition coefficient (Wildman–Crippen LogP) is 2.96. The smallest absolute Gasteiger partial charge is 0.0931 e. The van der Waals surface area contributed by atoms with E-state index in [1.165, 1.54) is 4.88 Å². The van der Waals surface area contributed by atoms with Crippen LogP contribution in [0.1, 0.15) is 17.7 Å². The monoisotopic (exact) mass is 322 g/mol. The van der Waals surface area contributed by atoms with Gasteiger partial charge in [0.05, 0.1) is 22.4 Å². The zero-order chi connectivity index (χ0) is 15.1. The minimum Gasteiger partial charge on any atom is -0.299 e. The highest BCUT2D eigenvalue weighted by Crippen LogP contribution is 2.23. The Bertz CT molecular complexity index is 523. The minimum absolute atomic E-state index is 0.0210. The van der Waals surface area contributed by atoms with E-state index >= 15 is 0 Å².